The molecule has 1 fully saturated rings. The minimum Gasteiger partial charge on any atom is -0.352 e. The fraction of sp³-hybridized carbons (Fsp3) is 0.412. The number of hydrogen-bond donors (Lipinski definition) is 2. The van der Waals surface area contributed by atoms with Gasteiger partial charge < -0.3 is 10.2 Å². The molecule has 2 N–H and O–H groups in total. The maximum atomic E-state index is 13.6. The fourth-order valence-electron chi connectivity index (χ4n) is 2.85. The Balaban J connectivity index is 1.48. The highest BCUT2D eigenvalue weighted by molar-refractivity contribution is 7.09. The predicted octanol–water partition coefficient (Wildman–Crippen LogP) is 2.17. The molecule has 138 valence electrons. The summed E-state index contributed by atoms with van der Waals surface area (Å²) < 4.78 is 17.7. The number of halogens is 1. The molecule has 1 aliphatic rings. The molecule has 0 unspecified atom stereocenters. The molecule has 0 aliphatic carbocycles. The lowest BCUT2D eigenvalue weighted by Crippen LogP contribution is -2.40. The lowest BCUT2D eigenvalue weighted by atomic mass is 9.96. The van der Waals surface area contributed by atoms with Gasteiger partial charge in [-0.1, -0.05) is 18.2 Å². The molecule has 9 heteroatoms. The number of carbonyl (C=O) groups excluding carboxylic acids is 2. The van der Waals surface area contributed by atoms with Crippen molar-refractivity contribution in [2.75, 3.05) is 23.3 Å². The van der Waals surface area contributed by atoms with Gasteiger partial charge in [0, 0.05) is 49.6 Å². The first-order chi connectivity index (χ1) is 12.5. The highest BCUT2D eigenvalue weighted by Crippen LogP contribution is 2.26. The van der Waals surface area contributed by atoms with Gasteiger partial charge in [0.05, 0.1) is 0 Å². The molecule has 0 saturated carbocycles. The van der Waals surface area contributed by atoms with Crippen molar-refractivity contribution >= 4 is 34.4 Å². The van der Waals surface area contributed by atoms with Gasteiger partial charge in [-0.2, -0.15) is 9.36 Å². The minimum absolute atomic E-state index is 0.0518. The average Bonchev–Trinajstić information content (AvgIpc) is 3.08. The second-order valence-corrected chi connectivity index (χ2v) is 6.88. The normalized spacial score (nSPS) is 14.9. The van der Waals surface area contributed by atoms with Gasteiger partial charge in [0.15, 0.2) is 0 Å². The molecule has 3 rings (SSSR count). The Morgan fingerprint density at radius 1 is 1.31 bits per heavy atom. The number of aromatic nitrogens is 2. The largest absolute Gasteiger partial charge is 0.352 e. The zero-order valence-corrected chi connectivity index (χ0v) is 15.2. The Morgan fingerprint density at radius 2 is 2.04 bits per heavy atom. The van der Waals surface area contributed by atoms with Crippen molar-refractivity contribution in [3.8, 4) is 0 Å². The topological polar surface area (TPSA) is 87.2 Å². The van der Waals surface area contributed by atoms with E-state index in [0.717, 1.165) is 5.13 Å². The summed E-state index contributed by atoms with van der Waals surface area (Å²) in [5.74, 6) is -0.361. The van der Waals surface area contributed by atoms with Gasteiger partial charge in [0.1, 0.15) is 5.82 Å². The van der Waals surface area contributed by atoms with Crippen LogP contribution in [-0.2, 0) is 16.1 Å². The molecule has 2 heterocycles. The first-order valence-corrected chi connectivity index (χ1v) is 9.17. The number of benzene rings is 1. The summed E-state index contributed by atoms with van der Waals surface area (Å²) in [6, 6.07) is 6.43. The van der Waals surface area contributed by atoms with E-state index in [1.54, 1.807) is 18.2 Å². The number of nitrogens with zero attached hydrogens (tertiary/aromatic N) is 3. The number of piperidine rings is 1. The predicted molar refractivity (Wildman–Crippen MR) is 97.4 cm³/mol. The minimum atomic E-state index is -0.311. The molecule has 1 saturated heterocycles. The number of amides is 2. The Hall–Kier alpha value is -2.55. The quantitative estimate of drug-likeness (QED) is 0.834. The summed E-state index contributed by atoms with van der Waals surface area (Å²) >= 11 is 1.22. The fourth-order valence-corrected chi connectivity index (χ4v) is 3.53. The molecule has 0 bridgehead atoms. The van der Waals surface area contributed by atoms with E-state index in [2.05, 4.69) is 24.9 Å². The zero-order chi connectivity index (χ0) is 18.5. The maximum absolute atomic E-state index is 13.6. The van der Waals surface area contributed by atoms with Crippen molar-refractivity contribution in [1.29, 1.82) is 0 Å². The van der Waals surface area contributed by atoms with Crippen molar-refractivity contribution in [2.24, 2.45) is 5.92 Å². The summed E-state index contributed by atoms with van der Waals surface area (Å²) in [5.41, 5.74) is 0.484. The lowest BCUT2D eigenvalue weighted by Gasteiger charge is -2.30. The third kappa shape index (κ3) is 4.54. The van der Waals surface area contributed by atoms with Crippen molar-refractivity contribution in [1.82, 2.24) is 14.7 Å². The van der Waals surface area contributed by atoms with Crippen molar-refractivity contribution in [3.63, 3.8) is 0 Å². The van der Waals surface area contributed by atoms with E-state index in [1.807, 2.05) is 0 Å². The Morgan fingerprint density at radius 3 is 2.73 bits per heavy atom. The summed E-state index contributed by atoms with van der Waals surface area (Å²) in [4.78, 5) is 29.7. The van der Waals surface area contributed by atoms with Crippen molar-refractivity contribution in [2.45, 2.75) is 26.3 Å². The third-order valence-electron chi connectivity index (χ3n) is 4.25. The summed E-state index contributed by atoms with van der Waals surface area (Å²) in [5, 5.41) is 6.11. The number of hydrogen-bond acceptors (Lipinski definition) is 6. The van der Waals surface area contributed by atoms with Gasteiger partial charge in [-0.3, -0.25) is 14.9 Å². The summed E-state index contributed by atoms with van der Waals surface area (Å²) in [6.07, 6.45) is 1.39. The van der Waals surface area contributed by atoms with Crippen LogP contribution in [0.5, 0.6) is 0 Å². The molecule has 0 spiro atoms. The van der Waals surface area contributed by atoms with Crippen LogP contribution in [0.1, 0.15) is 25.3 Å². The van der Waals surface area contributed by atoms with E-state index in [0.29, 0.717) is 37.4 Å². The third-order valence-corrected chi connectivity index (χ3v) is 5.03. The molecule has 1 aliphatic heterocycles. The molecular formula is C17H20FN5O2S. The van der Waals surface area contributed by atoms with Crippen molar-refractivity contribution in [3.05, 3.63) is 35.6 Å². The van der Waals surface area contributed by atoms with Crippen LogP contribution < -0.4 is 15.5 Å². The molecule has 26 heavy (non-hydrogen) atoms. The van der Waals surface area contributed by atoms with E-state index in [1.165, 1.54) is 24.5 Å². The second kappa shape index (κ2) is 8.22. The molecule has 1 aromatic heterocycles. The maximum Gasteiger partial charge on any atom is 0.243 e. The summed E-state index contributed by atoms with van der Waals surface area (Å²) in [6.45, 7) is 2.98. The lowest BCUT2D eigenvalue weighted by molar-refractivity contribution is -0.125. The smallest absolute Gasteiger partial charge is 0.243 e. The van der Waals surface area contributed by atoms with Crippen LogP contribution in [0, 0.1) is 11.7 Å². The molecule has 2 aromatic rings. The van der Waals surface area contributed by atoms with Gasteiger partial charge >= 0.3 is 0 Å². The van der Waals surface area contributed by atoms with E-state index < -0.39 is 0 Å². The molecule has 7 nitrogen and oxygen atoms in total. The van der Waals surface area contributed by atoms with Crippen molar-refractivity contribution < 1.29 is 14.0 Å². The Bertz CT molecular complexity index is 789. The highest BCUT2D eigenvalue weighted by atomic mass is 32.1. The molecule has 2 amide bonds. The Labute approximate surface area is 154 Å². The van der Waals surface area contributed by atoms with E-state index in [-0.39, 0.29) is 30.1 Å². The van der Waals surface area contributed by atoms with Gasteiger partial charge in [-0.25, -0.2) is 4.39 Å². The number of carbonyl (C=O) groups is 2. The van der Waals surface area contributed by atoms with E-state index in [4.69, 9.17) is 0 Å². The van der Waals surface area contributed by atoms with Crippen LogP contribution in [0.15, 0.2) is 24.3 Å². The molecule has 1 aromatic carbocycles. The number of anilines is 2. The van der Waals surface area contributed by atoms with Gasteiger partial charge in [-0.05, 0) is 18.9 Å². The SMILES string of the molecule is CC(=O)Nc1nsc(N2CCC(C(=O)NCc3ccccc3F)CC2)n1. The molecule has 0 atom stereocenters. The Kier molecular flexibility index (Phi) is 5.77. The zero-order valence-electron chi connectivity index (χ0n) is 14.4. The first kappa shape index (κ1) is 18.2. The van der Waals surface area contributed by atoms with Crippen LogP contribution in [0.25, 0.3) is 0 Å². The van der Waals surface area contributed by atoms with E-state index in [9.17, 15) is 14.0 Å². The van der Waals surface area contributed by atoms with Gasteiger partial charge in [0.25, 0.3) is 0 Å². The van der Waals surface area contributed by atoms with Crippen LogP contribution in [0.2, 0.25) is 0 Å². The van der Waals surface area contributed by atoms with Crippen LogP contribution in [0.3, 0.4) is 0 Å². The summed E-state index contributed by atoms with van der Waals surface area (Å²) in [7, 11) is 0. The average molecular weight is 377 g/mol. The van der Waals surface area contributed by atoms with Crippen LogP contribution >= 0.6 is 11.5 Å². The standard InChI is InChI=1S/C17H20FN5O2S/c1-11(24)20-16-21-17(26-22-16)23-8-6-12(7-9-23)15(25)19-10-13-4-2-3-5-14(13)18/h2-5,12H,6-10H2,1H3,(H,19,25)(H,20,22,24). The molecular weight excluding hydrogens is 357 g/mol. The van der Waals surface area contributed by atoms with Crippen LogP contribution in [0.4, 0.5) is 15.5 Å². The second-order valence-electron chi connectivity index (χ2n) is 6.15. The monoisotopic (exact) mass is 377 g/mol. The van der Waals surface area contributed by atoms with E-state index >= 15 is 0 Å². The highest BCUT2D eigenvalue weighted by Gasteiger charge is 2.26. The van der Waals surface area contributed by atoms with Gasteiger partial charge in [-0.15, -0.1) is 0 Å². The number of rotatable bonds is 5. The molecule has 0 radical (unpaired) electrons. The van der Waals surface area contributed by atoms with Crippen LogP contribution in [-0.4, -0.2) is 34.3 Å². The first-order valence-electron chi connectivity index (χ1n) is 8.40. The van der Waals surface area contributed by atoms with Gasteiger partial charge in [0.2, 0.25) is 22.9 Å². The number of nitrogens with one attached hydrogen (secondary N) is 2.